The van der Waals surface area contributed by atoms with E-state index in [9.17, 15) is 9.59 Å². The van der Waals surface area contributed by atoms with Gasteiger partial charge in [0.15, 0.2) is 0 Å². The van der Waals surface area contributed by atoms with E-state index in [1.165, 1.54) is 13.2 Å². The molecule has 0 saturated heterocycles. The molecule has 140 valence electrons. The molecule has 0 unspecified atom stereocenters. The first-order valence-electron chi connectivity index (χ1n) is 8.31. The lowest BCUT2D eigenvalue weighted by Gasteiger charge is -2.30. The molecule has 0 radical (unpaired) electrons. The largest absolute Gasteiger partial charge is 0.467 e. The van der Waals surface area contributed by atoms with Crippen molar-refractivity contribution in [2.45, 2.75) is 46.3 Å². The summed E-state index contributed by atoms with van der Waals surface area (Å²) < 4.78 is 10.1. The molecular weight excluding hydrogens is 330 g/mol. The van der Waals surface area contributed by atoms with E-state index in [-0.39, 0.29) is 0 Å². The summed E-state index contributed by atoms with van der Waals surface area (Å²) in [7, 11) is 1.25. The number of amides is 1. The lowest BCUT2D eigenvalue weighted by molar-refractivity contribution is -0.144. The number of benzene rings is 1. The van der Waals surface area contributed by atoms with Gasteiger partial charge in [-0.2, -0.15) is 0 Å². The van der Waals surface area contributed by atoms with Crippen molar-refractivity contribution >= 4 is 12.1 Å². The third kappa shape index (κ3) is 6.29. The first kappa shape index (κ1) is 21.3. The van der Waals surface area contributed by atoms with E-state index in [0.29, 0.717) is 0 Å². The maximum atomic E-state index is 12.3. The molecule has 0 aliphatic heterocycles. The van der Waals surface area contributed by atoms with E-state index >= 15 is 0 Å². The van der Waals surface area contributed by atoms with Crippen LogP contribution in [0.2, 0.25) is 0 Å². The van der Waals surface area contributed by atoms with Gasteiger partial charge in [0.2, 0.25) is 0 Å². The number of rotatable bonds is 4. The summed E-state index contributed by atoms with van der Waals surface area (Å²) in [6.45, 7) is 12.7. The van der Waals surface area contributed by atoms with Gasteiger partial charge in [0.25, 0.3) is 0 Å². The minimum atomic E-state index is -1.06. The number of hydrogen-bond acceptors (Lipinski definition) is 4. The topological polar surface area (TPSA) is 64.6 Å². The van der Waals surface area contributed by atoms with Crippen LogP contribution in [-0.2, 0) is 14.3 Å². The molecular formula is C21H27NO4. The Labute approximate surface area is 155 Å². The highest BCUT2D eigenvalue weighted by Crippen LogP contribution is 2.24. The number of nitrogens with one attached hydrogen (secondary N) is 1. The third-order valence-corrected chi connectivity index (χ3v) is 3.65. The zero-order valence-corrected chi connectivity index (χ0v) is 16.3. The number of methoxy groups -OCH3 is 1. The van der Waals surface area contributed by atoms with Crippen molar-refractivity contribution in [2.24, 2.45) is 5.41 Å². The average Bonchev–Trinajstić information content (AvgIpc) is 2.56. The smallest absolute Gasteiger partial charge is 0.408 e. The first-order chi connectivity index (χ1) is 12.0. The SMILES string of the molecule is C=C[C@@](C)(C#Cc1ccc(C)cc1)[C@H](NC(=O)OC(C)(C)C)C(=O)OC. The molecule has 0 bridgehead atoms. The van der Waals surface area contributed by atoms with Crippen LogP contribution in [0.5, 0.6) is 0 Å². The Balaban J connectivity index is 3.15. The van der Waals surface area contributed by atoms with Gasteiger partial charge in [-0.25, -0.2) is 9.59 Å². The van der Waals surface area contributed by atoms with Crippen molar-refractivity contribution in [3.05, 3.63) is 48.0 Å². The fraction of sp³-hybridized carbons (Fsp3) is 0.429. The van der Waals surface area contributed by atoms with E-state index < -0.39 is 29.1 Å². The van der Waals surface area contributed by atoms with Crippen LogP contribution in [0.3, 0.4) is 0 Å². The first-order valence-corrected chi connectivity index (χ1v) is 8.31. The number of aryl methyl sites for hydroxylation is 1. The summed E-state index contributed by atoms with van der Waals surface area (Å²) in [5.74, 6) is 5.42. The summed E-state index contributed by atoms with van der Waals surface area (Å²) >= 11 is 0. The van der Waals surface area contributed by atoms with Crippen LogP contribution in [-0.4, -0.2) is 30.8 Å². The van der Waals surface area contributed by atoms with Crippen LogP contribution in [0, 0.1) is 24.2 Å². The van der Waals surface area contributed by atoms with Gasteiger partial charge in [-0.1, -0.05) is 35.6 Å². The average molecular weight is 357 g/mol. The van der Waals surface area contributed by atoms with Crippen molar-refractivity contribution in [3.8, 4) is 11.8 Å². The molecule has 0 aromatic heterocycles. The van der Waals surface area contributed by atoms with Gasteiger partial charge in [0.05, 0.1) is 12.5 Å². The second-order valence-electron chi connectivity index (χ2n) is 7.21. The highest BCUT2D eigenvalue weighted by Gasteiger charge is 2.39. The summed E-state index contributed by atoms with van der Waals surface area (Å²) in [4.78, 5) is 24.4. The molecule has 0 aliphatic carbocycles. The molecule has 0 spiro atoms. The van der Waals surface area contributed by atoms with E-state index in [1.807, 2.05) is 31.2 Å². The monoisotopic (exact) mass is 357 g/mol. The zero-order valence-electron chi connectivity index (χ0n) is 16.3. The molecule has 1 rings (SSSR count). The zero-order chi connectivity index (χ0) is 20.0. The van der Waals surface area contributed by atoms with Crippen molar-refractivity contribution in [2.75, 3.05) is 7.11 Å². The molecule has 0 aliphatic rings. The number of alkyl carbamates (subject to hydrolysis) is 1. The highest BCUT2D eigenvalue weighted by atomic mass is 16.6. The van der Waals surface area contributed by atoms with Gasteiger partial charge in [-0.05, 0) is 46.8 Å². The van der Waals surface area contributed by atoms with Crippen molar-refractivity contribution < 1.29 is 19.1 Å². The standard InChI is InChI=1S/C21H27NO4/c1-8-21(6,14-13-16-11-9-15(2)10-12-16)17(18(23)25-7)22-19(24)26-20(3,4)5/h8-12,17H,1H2,2-7H3,(H,22,24)/t17-,21+/m1/s1. The Morgan fingerprint density at radius 2 is 1.77 bits per heavy atom. The quantitative estimate of drug-likeness (QED) is 0.508. The molecule has 1 aromatic carbocycles. The fourth-order valence-corrected chi connectivity index (χ4v) is 2.08. The Hall–Kier alpha value is -2.74. The van der Waals surface area contributed by atoms with Crippen LogP contribution >= 0.6 is 0 Å². The molecule has 2 atom stereocenters. The maximum Gasteiger partial charge on any atom is 0.408 e. The van der Waals surface area contributed by atoms with Crippen molar-refractivity contribution in [1.82, 2.24) is 5.32 Å². The number of ether oxygens (including phenoxy) is 2. The third-order valence-electron chi connectivity index (χ3n) is 3.65. The normalized spacial score (nSPS) is 14.1. The Morgan fingerprint density at radius 3 is 2.23 bits per heavy atom. The molecule has 26 heavy (non-hydrogen) atoms. The van der Waals surface area contributed by atoms with E-state index in [0.717, 1.165) is 11.1 Å². The van der Waals surface area contributed by atoms with Gasteiger partial charge in [0, 0.05) is 5.56 Å². The summed E-state index contributed by atoms with van der Waals surface area (Å²) in [5.41, 5.74) is 0.184. The van der Waals surface area contributed by atoms with Gasteiger partial charge >= 0.3 is 12.1 Å². The molecule has 5 heteroatoms. The molecule has 0 saturated carbocycles. The van der Waals surface area contributed by atoms with E-state index in [1.54, 1.807) is 27.7 Å². The van der Waals surface area contributed by atoms with E-state index in [2.05, 4.69) is 23.7 Å². The second-order valence-corrected chi connectivity index (χ2v) is 7.21. The van der Waals surface area contributed by atoms with Crippen LogP contribution < -0.4 is 5.32 Å². The number of carbonyl (C=O) groups excluding carboxylic acids is 2. The van der Waals surface area contributed by atoms with Gasteiger partial charge < -0.3 is 14.8 Å². The number of esters is 1. The second kappa shape index (κ2) is 8.57. The lowest BCUT2D eigenvalue weighted by Crippen LogP contribution is -2.51. The molecule has 1 N–H and O–H groups in total. The van der Waals surface area contributed by atoms with Gasteiger partial charge in [-0.3, -0.25) is 0 Å². The maximum absolute atomic E-state index is 12.3. The molecule has 0 fully saturated rings. The molecule has 5 nitrogen and oxygen atoms in total. The predicted molar refractivity (Wildman–Crippen MR) is 102 cm³/mol. The van der Waals surface area contributed by atoms with Gasteiger partial charge in [0.1, 0.15) is 11.6 Å². The minimum absolute atomic E-state index is 0.628. The number of hydrogen-bond donors (Lipinski definition) is 1. The molecule has 0 heterocycles. The molecule has 1 amide bonds. The summed E-state index contributed by atoms with van der Waals surface area (Å²) in [6.07, 6.45) is 0.797. The lowest BCUT2D eigenvalue weighted by atomic mass is 9.82. The van der Waals surface area contributed by atoms with Crippen molar-refractivity contribution in [1.29, 1.82) is 0 Å². The van der Waals surface area contributed by atoms with Gasteiger partial charge in [-0.15, -0.1) is 6.58 Å². The number of carbonyl (C=O) groups is 2. The summed E-state index contributed by atoms with van der Waals surface area (Å²) in [6, 6.07) is 6.62. The van der Waals surface area contributed by atoms with Crippen LogP contribution in [0.4, 0.5) is 4.79 Å². The summed E-state index contributed by atoms with van der Waals surface area (Å²) in [5, 5.41) is 2.55. The van der Waals surface area contributed by atoms with Crippen LogP contribution in [0.15, 0.2) is 36.9 Å². The molecule has 1 aromatic rings. The fourth-order valence-electron chi connectivity index (χ4n) is 2.08. The van der Waals surface area contributed by atoms with Crippen molar-refractivity contribution in [3.63, 3.8) is 0 Å². The van der Waals surface area contributed by atoms with Crippen LogP contribution in [0.1, 0.15) is 38.8 Å². The predicted octanol–water partition coefficient (Wildman–Crippen LogP) is 3.61. The minimum Gasteiger partial charge on any atom is -0.467 e. The highest BCUT2D eigenvalue weighted by molar-refractivity contribution is 5.83. The Bertz CT molecular complexity index is 719. The van der Waals surface area contributed by atoms with E-state index in [4.69, 9.17) is 9.47 Å². The Kier molecular flexibility index (Phi) is 7.02. The Morgan fingerprint density at radius 1 is 1.19 bits per heavy atom. The van der Waals surface area contributed by atoms with Crippen LogP contribution in [0.25, 0.3) is 0 Å².